The van der Waals surface area contributed by atoms with Gasteiger partial charge in [-0.25, -0.2) is 9.89 Å². The monoisotopic (exact) mass is 468 g/mol. The van der Waals surface area contributed by atoms with Crippen LogP contribution < -0.4 is 5.32 Å². The maximum Gasteiger partial charge on any atom is 0.259 e. The van der Waals surface area contributed by atoms with Crippen molar-refractivity contribution < 1.29 is 9.59 Å². The second-order valence-corrected chi connectivity index (χ2v) is 9.07. The molecule has 2 aliphatic heterocycles. The molecule has 1 atom stereocenters. The summed E-state index contributed by atoms with van der Waals surface area (Å²) in [4.78, 5) is 37.1. The molecule has 5 rings (SSSR count). The molecule has 6 nitrogen and oxygen atoms in total. The lowest BCUT2D eigenvalue weighted by atomic mass is 10.1. The van der Waals surface area contributed by atoms with Crippen LogP contribution in [0, 0.1) is 0 Å². The molecule has 34 heavy (non-hydrogen) atoms. The van der Waals surface area contributed by atoms with Gasteiger partial charge in [-0.15, -0.1) is 0 Å². The molecule has 170 valence electrons. The van der Waals surface area contributed by atoms with Crippen LogP contribution in [-0.4, -0.2) is 39.5 Å². The number of thioether (sulfide) groups is 1. The minimum absolute atomic E-state index is 0.116. The number of anilines is 1. The van der Waals surface area contributed by atoms with Gasteiger partial charge in [0, 0.05) is 17.7 Å². The SMILES string of the molecule is CCc1ccc(NC(=O)CSC2=Nc3ccccc3C3=N[C@H](Cc4ccccc4)C(=O)N23)cc1. The maximum atomic E-state index is 13.4. The highest BCUT2D eigenvalue weighted by Crippen LogP contribution is 2.34. The molecule has 0 aromatic heterocycles. The average molecular weight is 469 g/mol. The number of benzene rings is 3. The first-order valence-corrected chi connectivity index (χ1v) is 12.3. The van der Waals surface area contributed by atoms with E-state index >= 15 is 0 Å². The molecular formula is C27H24N4O2S. The average Bonchev–Trinajstić information content (AvgIpc) is 3.20. The predicted molar refractivity (Wildman–Crippen MR) is 138 cm³/mol. The number of hydrogen-bond acceptors (Lipinski definition) is 5. The number of amides is 2. The molecule has 0 aliphatic carbocycles. The summed E-state index contributed by atoms with van der Waals surface area (Å²) in [5, 5.41) is 3.40. The Morgan fingerprint density at radius 1 is 0.971 bits per heavy atom. The van der Waals surface area contributed by atoms with E-state index < -0.39 is 6.04 Å². The molecule has 3 aromatic rings. The van der Waals surface area contributed by atoms with Crippen LogP contribution in [0.4, 0.5) is 11.4 Å². The van der Waals surface area contributed by atoms with E-state index in [2.05, 4.69) is 12.2 Å². The third-order valence-corrected chi connectivity index (χ3v) is 6.74. The van der Waals surface area contributed by atoms with E-state index in [0.717, 1.165) is 28.9 Å². The third-order valence-electron chi connectivity index (χ3n) is 5.80. The Kier molecular flexibility index (Phi) is 6.27. The zero-order valence-corrected chi connectivity index (χ0v) is 19.6. The van der Waals surface area contributed by atoms with Gasteiger partial charge in [0.2, 0.25) is 5.91 Å². The summed E-state index contributed by atoms with van der Waals surface area (Å²) in [6.07, 6.45) is 1.47. The number of fused-ring (bicyclic) bond motifs is 3. The van der Waals surface area contributed by atoms with Crippen LogP contribution in [0.25, 0.3) is 0 Å². The van der Waals surface area contributed by atoms with E-state index in [1.54, 1.807) is 4.90 Å². The molecule has 0 saturated heterocycles. The highest BCUT2D eigenvalue weighted by atomic mass is 32.2. The highest BCUT2D eigenvalue weighted by molar-refractivity contribution is 8.14. The Bertz CT molecular complexity index is 1290. The van der Waals surface area contributed by atoms with Gasteiger partial charge in [-0.3, -0.25) is 14.6 Å². The van der Waals surface area contributed by atoms with E-state index in [-0.39, 0.29) is 17.6 Å². The molecule has 0 spiro atoms. The highest BCUT2D eigenvalue weighted by Gasteiger charge is 2.41. The summed E-state index contributed by atoms with van der Waals surface area (Å²) in [6.45, 7) is 2.09. The molecular weight excluding hydrogens is 444 g/mol. The largest absolute Gasteiger partial charge is 0.325 e. The fraction of sp³-hybridized carbons (Fsp3) is 0.185. The van der Waals surface area contributed by atoms with Crippen molar-refractivity contribution in [1.29, 1.82) is 0 Å². The smallest absolute Gasteiger partial charge is 0.259 e. The van der Waals surface area contributed by atoms with E-state index in [0.29, 0.717) is 17.4 Å². The molecule has 2 aliphatic rings. The second kappa shape index (κ2) is 9.65. The van der Waals surface area contributed by atoms with Gasteiger partial charge in [0.25, 0.3) is 5.91 Å². The summed E-state index contributed by atoms with van der Waals surface area (Å²) in [7, 11) is 0. The zero-order chi connectivity index (χ0) is 23.5. The van der Waals surface area contributed by atoms with Crippen LogP contribution in [0.15, 0.2) is 88.8 Å². The minimum atomic E-state index is -0.514. The zero-order valence-electron chi connectivity index (χ0n) is 18.8. The van der Waals surface area contributed by atoms with E-state index in [9.17, 15) is 9.59 Å². The van der Waals surface area contributed by atoms with Crippen molar-refractivity contribution in [2.45, 2.75) is 25.8 Å². The number of carbonyl (C=O) groups excluding carboxylic acids is 2. The van der Waals surface area contributed by atoms with Gasteiger partial charge in [0.15, 0.2) is 5.17 Å². The molecule has 1 N–H and O–H groups in total. The van der Waals surface area contributed by atoms with Crippen LogP contribution in [0.3, 0.4) is 0 Å². The van der Waals surface area contributed by atoms with Crippen LogP contribution in [0.5, 0.6) is 0 Å². The fourth-order valence-corrected chi connectivity index (χ4v) is 4.82. The number of nitrogens with zero attached hydrogens (tertiary/aromatic N) is 3. The molecule has 3 aromatic carbocycles. The van der Waals surface area contributed by atoms with Crippen molar-refractivity contribution in [2.75, 3.05) is 11.1 Å². The van der Waals surface area contributed by atoms with Crippen LogP contribution in [0.2, 0.25) is 0 Å². The topological polar surface area (TPSA) is 74.1 Å². The normalized spacial score (nSPS) is 16.4. The lowest BCUT2D eigenvalue weighted by Gasteiger charge is -2.25. The van der Waals surface area contributed by atoms with Gasteiger partial charge >= 0.3 is 0 Å². The maximum absolute atomic E-state index is 13.4. The fourth-order valence-electron chi connectivity index (χ4n) is 4.02. The summed E-state index contributed by atoms with van der Waals surface area (Å²) < 4.78 is 0. The molecule has 0 radical (unpaired) electrons. The van der Waals surface area contributed by atoms with Gasteiger partial charge in [-0.2, -0.15) is 0 Å². The lowest BCUT2D eigenvalue weighted by molar-refractivity contribution is -0.124. The molecule has 0 unspecified atom stereocenters. The summed E-state index contributed by atoms with van der Waals surface area (Å²) in [6, 6.07) is 24.8. The van der Waals surface area contributed by atoms with Crippen molar-refractivity contribution in [1.82, 2.24) is 4.90 Å². The van der Waals surface area contributed by atoms with Gasteiger partial charge in [0.05, 0.1) is 11.4 Å². The van der Waals surface area contributed by atoms with Crippen molar-refractivity contribution in [2.24, 2.45) is 9.98 Å². The van der Waals surface area contributed by atoms with Gasteiger partial charge in [-0.1, -0.05) is 73.3 Å². The molecule has 0 fully saturated rings. The van der Waals surface area contributed by atoms with Crippen molar-refractivity contribution in [3.8, 4) is 0 Å². The Morgan fingerprint density at radius 3 is 2.47 bits per heavy atom. The number of amidine groups is 2. The molecule has 0 saturated carbocycles. The standard InChI is InChI=1S/C27H24N4O2S/c1-2-18-12-14-20(15-13-18)28-24(32)17-34-27-30-22-11-7-6-10-21(22)25-29-23(26(33)31(25)27)16-19-8-4-3-5-9-19/h3-15,23H,2,16-17H2,1H3,(H,28,32)/t23-/m1/s1. The number of para-hydroxylation sites is 1. The van der Waals surface area contributed by atoms with Gasteiger partial charge in [0.1, 0.15) is 11.9 Å². The third kappa shape index (κ3) is 4.52. The molecule has 2 amide bonds. The van der Waals surface area contributed by atoms with Gasteiger partial charge in [-0.05, 0) is 41.8 Å². The van der Waals surface area contributed by atoms with Crippen molar-refractivity contribution >= 4 is 46.0 Å². The second-order valence-electron chi connectivity index (χ2n) is 8.13. The molecule has 0 bridgehead atoms. The summed E-state index contributed by atoms with van der Waals surface area (Å²) >= 11 is 1.25. The summed E-state index contributed by atoms with van der Waals surface area (Å²) in [5.74, 6) is 0.475. The Hall–Kier alpha value is -3.71. The number of aliphatic imine (C=N–C) groups is 2. The minimum Gasteiger partial charge on any atom is -0.325 e. The van der Waals surface area contributed by atoms with E-state index in [1.807, 2.05) is 78.9 Å². The number of rotatable bonds is 6. The molecule has 2 heterocycles. The van der Waals surface area contributed by atoms with Crippen LogP contribution in [0.1, 0.15) is 23.6 Å². The summed E-state index contributed by atoms with van der Waals surface area (Å²) in [5.41, 5.74) is 4.60. The van der Waals surface area contributed by atoms with Crippen molar-refractivity contribution in [3.05, 3.63) is 95.6 Å². The predicted octanol–water partition coefficient (Wildman–Crippen LogP) is 4.82. The Balaban J connectivity index is 1.34. The first kappa shape index (κ1) is 22.1. The van der Waals surface area contributed by atoms with Crippen molar-refractivity contribution in [3.63, 3.8) is 0 Å². The van der Waals surface area contributed by atoms with Crippen LogP contribution in [-0.2, 0) is 22.4 Å². The quantitative estimate of drug-likeness (QED) is 0.564. The number of carbonyl (C=O) groups is 2. The number of hydrogen-bond donors (Lipinski definition) is 1. The van der Waals surface area contributed by atoms with E-state index in [1.165, 1.54) is 17.3 Å². The first-order chi connectivity index (χ1) is 16.6. The van der Waals surface area contributed by atoms with Gasteiger partial charge < -0.3 is 5.32 Å². The molecule has 7 heteroatoms. The number of aryl methyl sites for hydroxylation is 1. The van der Waals surface area contributed by atoms with E-state index in [4.69, 9.17) is 9.98 Å². The van der Waals surface area contributed by atoms with Crippen LogP contribution >= 0.6 is 11.8 Å². The Labute approximate surface area is 202 Å². The Morgan fingerprint density at radius 2 is 1.71 bits per heavy atom. The number of nitrogens with one attached hydrogen (secondary N) is 1. The first-order valence-electron chi connectivity index (χ1n) is 11.3. The lowest BCUT2D eigenvalue weighted by Crippen LogP contribution is -2.41.